The number of anilines is 1. The van der Waals surface area contributed by atoms with Crippen molar-refractivity contribution >= 4 is 17.0 Å². The number of nitrogens with zero attached hydrogens (tertiary/aromatic N) is 4. The number of nitrogens with one attached hydrogen (secondary N) is 1. The van der Waals surface area contributed by atoms with Crippen LogP contribution in [0.15, 0.2) is 42.7 Å². The monoisotopic (exact) mass is 295 g/mol. The first-order valence-corrected chi connectivity index (χ1v) is 7.25. The van der Waals surface area contributed by atoms with Crippen molar-refractivity contribution in [2.75, 3.05) is 5.32 Å². The number of thiophene rings is 1. The lowest BCUT2D eigenvalue weighted by Crippen LogP contribution is -2.01. The smallest absolute Gasteiger partial charge is 0.165 e. The second kappa shape index (κ2) is 5.77. The van der Waals surface area contributed by atoms with Gasteiger partial charge in [0.25, 0.3) is 0 Å². The lowest BCUT2D eigenvalue weighted by Gasteiger charge is -2.10. The van der Waals surface area contributed by atoms with Gasteiger partial charge in [-0.25, -0.2) is 0 Å². The van der Waals surface area contributed by atoms with Gasteiger partial charge in [-0.3, -0.25) is 0 Å². The summed E-state index contributed by atoms with van der Waals surface area (Å²) in [5.41, 5.74) is 2.01. The van der Waals surface area contributed by atoms with Gasteiger partial charge in [-0.2, -0.15) is 5.26 Å². The van der Waals surface area contributed by atoms with E-state index in [2.05, 4.69) is 21.6 Å². The van der Waals surface area contributed by atoms with Crippen LogP contribution in [-0.2, 0) is 13.6 Å². The minimum absolute atomic E-state index is 0.682. The van der Waals surface area contributed by atoms with Crippen LogP contribution in [0.25, 0.3) is 11.4 Å². The molecule has 21 heavy (non-hydrogen) atoms. The number of rotatable bonds is 4. The first kappa shape index (κ1) is 13.3. The number of nitriles is 1. The molecule has 3 rings (SSSR count). The normalized spacial score (nSPS) is 10.3. The SMILES string of the molecule is Cn1cnnc1-c1ccccc1NCc1ccc(C#N)s1. The van der Waals surface area contributed by atoms with E-state index < -0.39 is 0 Å². The Morgan fingerprint density at radius 3 is 2.86 bits per heavy atom. The average Bonchev–Trinajstić information content (AvgIpc) is 3.14. The van der Waals surface area contributed by atoms with E-state index in [0.29, 0.717) is 6.54 Å². The van der Waals surface area contributed by atoms with Gasteiger partial charge >= 0.3 is 0 Å². The van der Waals surface area contributed by atoms with Crippen LogP contribution >= 0.6 is 11.3 Å². The number of hydrogen-bond donors (Lipinski definition) is 1. The minimum atomic E-state index is 0.682. The molecule has 2 aromatic heterocycles. The molecule has 0 aliphatic carbocycles. The van der Waals surface area contributed by atoms with Crippen molar-refractivity contribution in [2.45, 2.75) is 6.54 Å². The molecule has 6 heteroatoms. The molecule has 0 amide bonds. The highest BCUT2D eigenvalue weighted by Gasteiger charge is 2.09. The highest BCUT2D eigenvalue weighted by Crippen LogP contribution is 2.26. The third-order valence-electron chi connectivity index (χ3n) is 3.10. The summed E-state index contributed by atoms with van der Waals surface area (Å²) in [4.78, 5) is 1.85. The van der Waals surface area contributed by atoms with Gasteiger partial charge in [0, 0.05) is 29.7 Å². The van der Waals surface area contributed by atoms with E-state index in [1.165, 1.54) is 11.3 Å². The molecule has 1 aromatic carbocycles. The molecule has 0 saturated carbocycles. The Kier molecular flexibility index (Phi) is 3.67. The van der Waals surface area contributed by atoms with Crippen LogP contribution < -0.4 is 5.32 Å². The molecular weight excluding hydrogens is 282 g/mol. The summed E-state index contributed by atoms with van der Waals surface area (Å²) in [5, 5.41) is 20.3. The van der Waals surface area contributed by atoms with Crippen molar-refractivity contribution in [1.82, 2.24) is 14.8 Å². The van der Waals surface area contributed by atoms with E-state index in [0.717, 1.165) is 26.8 Å². The summed E-state index contributed by atoms with van der Waals surface area (Å²) in [6, 6.07) is 14.0. The van der Waals surface area contributed by atoms with Crippen LogP contribution in [0.3, 0.4) is 0 Å². The molecule has 0 aliphatic rings. The Bertz CT molecular complexity index is 796. The molecule has 0 atom stereocenters. The molecule has 0 aliphatic heterocycles. The highest BCUT2D eigenvalue weighted by atomic mass is 32.1. The zero-order chi connectivity index (χ0) is 14.7. The first-order valence-electron chi connectivity index (χ1n) is 6.44. The minimum Gasteiger partial charge on any atom is -0.380 e. The number of para-hydroxylation sites is 1. The van der Waals surface area contributed by atoms with Crippen LogP contribution in [0.5, 0.6) is 0 Å². The van der Waals surface area contributed by atoms with E-state index in [1.54, 1.807) is 6.33 Å². The molecule has 2 heterocycles. The van der Waals surface area contributed by atoms with Crippen LogP contribution in [0.2, 0.25) is 0 Å². The molecule has 0 saturated heterocycles. The summed E-state index contributed by atoms with van der Waals surface area (Å²) in [5.74, 6) is 0.821. The molecule has 0 radical (unpaired) electrons. The van der Waals surface area contributed by atoms with Crippen molar-refractivity contribution in [1.29, 1.82) is 5.26 Å². The Morgan fingerprint density at radius 2 is 2.14 bits per heavy atom. The molecule has 0 unspecified atom stereocenters. The second-order valence-corrected chi connectivity index (χ2v) is 5.71. The summed E-state index contributed by atoms with van der Waals surface area (Å²) in [6.45, 7) is 0.682. The molecule has 5 nitrogen and oxygen atoms in total. The summed E-state index contributed by atoms with van der Waals surface area (Å²) in [7, 11) is 1.92. The van der Waals surface area contributed by atoms with E-state index >= 15 is 0 Å². The van der Waals surface area contributed by atoms with Crippen molar-refractivity contribution in [3.8, 4) is 17.5 Å². The Labute approximate surface area is 126 Å². The van der Waals surface area contributed by atoms with Crippen molar-refractivity contribution < 1.29 is 0 Å². The third-order valence-corrected chi connectivity index (χ3v) is 4.09. The van der Waals surface area contributed by atoms with E-state index in [-0.39, 0.29) is 0 Å². The topological polar surface area (TPSA) is 66.5 Å². The van der Waals surface area contributed by atoms with E-state index in [1.807, 2.05) is 48.0 Å². The summed E-state index contributed by atoms with van der Waals surface area (Å²) in [6.07, 6.45) is 1.69. The zero-order valence-electron chi connectivity index (χ0n) is 11.4. The van der Waals surface area contributed by atoms with Gasteiger partial charge in [-0.15, -0.1) is 21.5 Å². The fraction of sp³-hybridized carbons (Fsp3) is 0.133. The Hall–Kier alpha value is -2.65. The fourth-order valence-electron chi connectivity index (χ4n) is 2.07. The van der Waals surface area contributed by atoms with Crippen molar-refractivity contribution in [3.05, 3.63) is 52.5 Å². The number of aryl methyl sites for hydroxylation is 1. The molecular formula is C15H13N5S. The van der Waals surface area contributed by atoms with Crippen LogP contribution in [-0.4, -0.2) is 14.8 Å². The second-order valence-electron chi connectivity index (χ2n) is 4.54. The lowest BCUT2D eigenvalue weighted by molar-refractivity contribution is 0.919. The number of hydrogen-bond acceptors (Lipinski definition) is 5. The molecule has 0 fully saturated rings. The Morgan fingerprint density at radius 1 is 1.29 bits per heavy atom. The van der Waals surface area contributed by atoms with Gasteiger partial charge in [0.2, 0.25) is 0 Å². The maximum absolute atomic E-state index is 8.86. The molecule has 0 spiro atoms. The highest BCUT2D eigenvalue weighted by molar-refractivity contribution is 7.12. The van der Waals surface area contributed by atoms with Crippen LogP contribution in [0.1, 0.15) is 9.75 Å². The molecule has 3 aromatic rings. The standard InChI is InChI=1S/C15H13N5S/c1-20-10-18-19-15(20)13-4-2-3-5-14(13)17-9-12-7-6-11(8-16)21-12/h2-7,10,17H,9H2,1H3. The average molecular weight is 295 g/mol. The van der Waals surface area contributed by atoms with Gasteiger partial charge in [0.1, 0.15) is 17.3 Å². The van der Waals surface area contributed by atoms with Gasteiger partial charge in [-0.05, 0) is 24.3 Å². The van der Waals surface area contributed by atoms with Gasteiger partial charge < -0.3 is 9.88 Å². The number of benzene rings is 1. The third kappa shape index (κ3) is 2.78. The maximum Gasteiger partial charge on any atom is 0.165 e. The van der Waals surface area contributed by atoms with Crippen molar-refractivity contribution in [3.63, 3.8) is 0 Å². The largest absolute Gasteiger partial charge is 0.380 e. The van der Waals surface area contributed by atoms with Crippen LogP contribution in [0.4, 0.5) is 5.69 Å². The molecule has 1 N–H and O–H groups in total. The summed E-state index contributed by atoms with van der Waals surface area (Å²) >= 11 is 1.50. The quantitative estimate of drug-likeness (QED) is 0.803. The number of aromatic nitrogens is 3. The lowest BCUT2D eigenvalue weighted by atomic mass is 10.1. The van der Waals surface area contributed by atoms with E-state index in [4.69, 9.17) is 5.26 Å². The zero-order valence-corrected chi connectivity index (χ0v) is 12.3. The van der Waals surface area contributed by atoms with Gasteiger partial charge in [0.15, 0.2) is 5.82 Å². The molecule has 0 bridgehead atoms. The predicted octanol–water partition coefficient (Wildman–Crippen LogP) is 3.03. The summed E-state index contributed by atoms with van der Waals surface area (Å²) < 4.78 is 1.89. The van der Waals surface area contributed by atoms with Crippen LogP contribution in [0, 0.1) is 11.3 Å². The molecule has 104 valence electrons. The van der Waals surface area contributed by atoms with Gasteiger partial charge in [-0.1, -0.05) is 12.1 Å². The van der Waals surface area contributed by atoms with Crippen molar-refractivity contribution in [2.24, 2.45) is 7.05 Å². The Balaban J connectivity index is 1.83. The predicted molar refractivity (Wildman–Crippen MR) is 82.8 cm³/mol. The first-order chi connectivity index (χ1) is 10.3. The maximum atomic E-state index is 8.86. The fourth-order valence-corrected chi connectivity index (χ4v) is 2.82. The van der Waals surface area contributed by atoms with E-state index in [9.17, 15) is 0 Å². The van der Waals surface area contributed by atoms with Gasteiger partial charge in [0.05, 0.1) is 0 Å².